The number of thiazole rings is 1. The summed E-state index contributed by atoms with van der Waals surface area (Å²) in [4.78, 5) is 5.52. The van der Waals surface area contributed by atoms with Crippen LogP contribution in [0.2, 0.25) is 0 Å². The van der Waals surface area contributed by atoms with E-state index in [2.05, 4.69) is 27.5 Å². The lowest BCUT2D eigenvalue weighted by Crippen LogP contribution is -2.04. The van der Waals surface area contributed by atoms with Gasteiger partial charge in [-0.1, -0.05) is 12.1 Å². The highest BCUT2D eigenvalue weighted by Gasteiger charge is 2.05. The molecule has 1 N–H and O–H groups in total. The van der Waals surface area contributed by atoms with E-state index in [-0.39, 0.29) is 0 Å². The summed E-state index contributed by atoms with van der Waals surface area (Å²) in [7, 11) is 0. The molecule has 2 heterocycles. The number of benzene rings is 1. The Balaban J connectivity index is 1.84. The lowest BCUT2D eigenvalue weighted by atomic mass is 10.2. The molecule has 19 heavy (non-hydrogen) atoms. The fourth-order valence-electron chi connectivity index (χ4n) is 1.91. The first kappa shape index (κ1) is 11.9. The number of aryl methyl sites for hydroxylation is 1. The first-order chi connectivity index (χ1) is 9.34. The largest absolute Gasteiger partial charge is 0.378 e. The molecule has 5 heteroatoms. The van der Waals surface area contributed by atoms with E-state index in [9.17, 15) is 0 Å². The van der Waals surface area contributed by atoms with E-state index in [1.807, 2.05) is 41.5 Å². The molecule has 3 rings (SSSR count). The molecule has 0 atom stereocenters. The van der Waals surface area contributed by atoms with Gasteiger partial charge in [-0.25, -0.2) is 9.67 Å². The number of nitrogens with one attached hydrogen (secondary N) is 1. The van der Waals surface area contributed by atoms with E-state index in [1.54, 1.807) is 17.5 Å². The van der Waals surface area contributed by atoms with Gasteiger partial charge in [-0.15, -0.1) is 11.3 Å². The number of hydrogen-bond acceptors (Lipinski definition) is 4. The lowest BCUT2D eigenvalue weighted by Gasteiger charge is -2.11. The molecule has 0 fully saturated rings. The Morgan fingerprint density at radius 1 is 1.26 bits per heavy atom. The number of anilines is 1. The molecule has 0 unspecified atom stereocenters. The van der Waals surface area contributed by atoms with E-state index in [1.165, 1.54) is 4.88 Å². The number of para-hydroxylation sites is 2. The van der Waals surface area contributed by atoms with Crippen LogP contribution in [0.1, 0.15) is 10.6 Å². The Morgan fingerprint density at radius 3 is 2.89 bits per heavy atom. The van der Waals surface area contributed by atoms with Crippen LogP contribution in [-0.4, -0.2) is 14.8 Å². The van der Waals surface area contributed by atoms with Crippen molar-refractivity contribution in [3.8, 4) is 5.69 Å². The van der Waals surface area contributed by atoms with E-state index >= 15 is 0 Å². The quantitative estimate of drug-likeness (QED) is 0.791. The van der Waals surface area contributed by atoms with Crippen molar-refractivity contribution in [2.75, 3.05) is 5.32 Å². The standard InChI is InChI=1S/C14H14N4S/c1-11-14(19-10-16-11)9-15-12-5-2-3-6-13(12)18-8-4-7-17-18/h2-8,10,15H,9H2,1H3. The van der Waals surface area contributed by atoms with E-state index in [4.69, 9.17) is 0 Å². The van der Waals surface area contributed by atoms with Gasteiger partial charge in [0.1, 0.15) is 0 Å². The Hall–Kier alpha value is -2.14. The van der Waals surface area contributed by atoms with Crippen molar-refractivity contribution in [2.24, 2.45) is 0 Å². The van der Waals surface area contributed by atoms with Crippen molar-refractivity contribution in [2.45, 2.75) is 13.5 Å². The summed E-state index contributed by atoms with van der Waals surface area (Å²) < 4.78 is 1.86. The summed E-state index contributed by atoms with van der Waals surface area (Å²) >= 11 is 1.68. The zero-order valence-corrected chi connectivity index (χ0v) is 11.4. The zero-order valence-electron chi connectivity index (χ0n) is 10.6. The number of aromatic nitrogens is 3. The molecule has 0 aliphatic carbocycles. The second-order valence-corrected chi connectivity index (χ2v) is 5.12. The number of nitrogens with zero attached hydrogens (tertiary/aromatic N) is 3. The van der Waals surface area contributed by atoms with Crippen molar-refractivity contribution < 1.29 is 0 Å². The highest BCUT2D eigenvalue weighted by Crippen LogP contribution is 2.21. The molecule has 0 amide bonds. The van der Waals surface area contributed by atoms with Crippen LogP contribution in [0.5, 0.6) is 0 Å². The third-order valence-corrected chi connectivity index (χ3v) is 3.87. The molecule has 1 aromatic carbocycles. The predicted molar refractivity (Wildman–Crippen MR) is 77.7 cm³/mol. The Labute approximate surface area is 115 Å². The predicted octanol–water partition coefficient (Wildman–Crippen LogP) is 3.25. The smallest absolute Gasteiger partial charge is 0.0876 e. The maximum absolute atomic E-state index is 4.28. The molecule has 0 aliphatic rings. The molecule has 0 aliphatic heterocycles. The van der Waals surface area contributed by atoms with Gasteiger partial charge in [0.25, 0.3) is 0 Å². The van der Waals surface area contributed by atoms with Crippen LogP contribution in [0.25, 0.3) is 5.69 Å². The van der Waals surface area contributed by atoms with Gasteiger partial charge in [-0.3, -0.25) is 0 Å². The highest BCUT2D eigenvalue weighted by molar-refractivity contribution is 7.09. The summed E-state index contributed by atoms with van der Waals surface area (Å²) in [6.07, 6.45) is 3.72. The molecule has 0 radical (unpaired) electrons. The van der Waals surface area contributed by atoms with Gasteiger partial charge in [0.05, 0.1) is 29.1 Å². The van der Waals surface area contributed by atoms with E-state index < -0.39 is 0 Å². The molecule has 4 nitrogen and oxygen atoms in total. The van der Waals surface area contributed by atoms with Crippen LogP contribution < -0.4 is 5.32 Å². The molecular weight excluding hydrogens is 256 g/mol. The fourth-order valence-corrected chi connectivity index (χ4v) is 2.62. The van der Waals surface area contributed by atoms with Crippen LogP contribution in [-0.2, 0) is 6.54 Å². The van der Waals surface area contributed by atoms with Gasteiger partial charge < -0.3 is 5.32 Å². The summed E-state index contributed by atoms with van der Waals surface area (Å²) in [5.41, 5.74) is 5.09. The first-order valence-electron chi connectivity index (χ1n) is 6.06. The van der Waals surface area contributed by atoms with Crippen LogP contribution in [0.15, 0.2) is 48.2 Å². The normalized spacial score (nSPS) is 10.6. The van der Waals surface area contributed by atoms with Gasteiger partial charge in [0.2, 0.25) is 0 Å². The topological polar surface area (TPSA) is 42.7 Å². The molecule has 0 saturated carbocycles. The Morgan fingerprint density at radius 2 is 2.16 bits per heavy atom. The summed E-state index contributed by atoms with van der Waals surface area (Å²) in [5, 5.41) is 7.73. The number of rotatable bonds is 4. The zero-order chi connectivity index (χ0) is 13.1. The van der Waals surface area contributed by atoms with Crippen LogP contribution in [0.3, 0.4) is 0 Å². The van der Waals surface area contributed by atoms with Crippen molar-refractivity contribution >= 4 is 17.0 Å². The first-order valence-corrected chi connectivity index (χ1v) is 6.94. The minimum Gasteiger partial charge on any atom is -0.378 e. The van der Waals surface area contributed by atoms with Gasteiger partial charge in [0.15, 0.2) is 0 Å². The average Bonchev–Trinajstić information content (AvgIpc) is 3.08. The molecule has 3 aromatic rings. The lowest BCUT2D eigenvalue weighted by molar-refractivity contribution is 0.879. The summed E-state index contributed by atoms with van der Waals surface area (Å²) in [6.45, 7) is 2.82. The molecule has 96 valence electrons. The molecule has 0 spiro atoms. The van der Waals surface area contributed by atoms with Gasteiger partial charge >= 0.3 is 0 Å². The summed E-state index contributed by atoms with van der Waals surface area (Å²) in [5.74, 6) is 0. The summed E-state index contributed by atoms with van der Waals surface area (Å²) in [6, 6.07) is 10.1. The maximum atomic E-state index is 4.28. The maximum Gasteiger partial charge on any atom is 0.0876 e. The molecular formula is C14H14N4S. The Bertz CT molecular complexity index is 658. The minimum atomic E-state index is 0.786. The molecule has 0 saturated heterocycles. The third-order valence-electron chi connectivity index (χ3n) is 2.94. The molecule has 2 aromatic heterocycles. The average molecular weight is 270 g/mol. The third kappa shape index (κ3) is 2.51. The second-order valence-electron chi connectivity index (χ2n) is 4.18. The van der Waals surface area contributed by atoms with Crippen molar-refractivity contribution in [1.29, 1.82) is 0 Å². The van der Waals surface area contributed by atoms with Crippen molar-refractivity contribution in [1.82, 2.24) is 14.8 Å². The van der Waals surface area contributed by atoms with Crippen LogP contribution in [0, 0.1) is 6.92 Å². The van der Waals surface area contributed by atoms with Gasteiger partial charge in [-0.05, 0) is 25.1 Å². The van der Waals surface area contributed by atoms with Crippen LogP contribution in [0.4, 0.5) is 5.69 Å². The highest BCUT2D eigenvalue weighted by atomic mass is 32.1. The van der Waals surface area contributed by atoms with Gasteiger partial charge in [0, 0.05) is 17.3 Å². The second kappa shape index (κ2) is 5.24. The van der Waals surface area contributed by atoms with Crippen molar-refractivity contribution in [3.63, 3.8) is 0 Å². The number of hydrogen-bond donors (Lipinski definition) is 1. The van der Waals surface area contributed by atoms with Crippen LogP contribution >= 0.6 is 11.3 Å². The van der Waals surface area contributed by atoms with Crippen molar-refractivity contribution in [3.05, 3.63) is 58.8 Å². The molecule has 0 bridgehead atoms. The monoisotopic (exact) mass is 270 g/mol. The minimum absolute atomic E-state index is 0.786. The van der Waals surface area contributed by atoms with E-state index in [0.717, 1.165) is 23.6 Å². The van der Waals surface area contributed by atoms with E-state index in [0.29, 0.717) is 0 Å². The fraction of sp³-hybridized carbons (Fsp3) is 0.143. The van der Waals surface area contributed by atoms with Gasteiger partial charge in [-0.2, -0.15) is 5.10 Å². The Kier molecular flexibility index (Phi) is 3.29. The SMILES string of the molecule is Cc1ncsc1CNc1ccccc1-n1cccn1.